The van der Waals surface area contributed by atoms with Crippen molar-refractivity contribution in [2.24, 2.45) is 0 Å². The van der Waals surface area contributed by atoms with E-state index in [4.69, 9.17) is 17.0 Å². The third kappa shape index (κ3) is 5.85. The molecule has 0 aliphatic carbocycles. The maximum Gasteiger partial charge on any atom is 0.337 e. The number of rotatable bonds is 8. The van der Waals surface area contributed by atoms with Crippen molar-refractivity contribution < 1.29 is 14.3 Å². The monoisotopic (exact) mass is 567 g/mol. The lowest BCUT2D eigenvalue weighted by Crippen LogP contribution is -2.32. The Balaban J connectivity index is 1.46. The SMILES string of the molecule is COC(=O)c1ccc(-n2c(C)cc([C@@H]3[C@H](c4ccccn4)NC(=S)N3CCC(=O)Nc3cccc(C)c3)c2C)cc1. The minimum atomic E-state index is -0.371. The summed E-state index contributed by atoms with van der Waals surface area (Å²) in [6.45, 7) is 6.57. The van der Waals surface area contributed by atoms with E-state index >= 15 is 0 Å². The number of carbonyl (C=O) groups excluding carboxylic acids is 2. The lowest BCUT2D eigenvalue weighted by atomic mass is 9.96. The zero-order valence-electron chi connectivity index (χ0n) is 23.5. The molecule has 2 N–H and O–H groups in total. The molecule has 9 heteroatoms. The maximum absolute atomic E-state index is 12.9. The predicted molar refractivity (Wildman–Crippen MR) is 163 cm³/mol. The molecule has 0 bridgehead atoms. The van der Waals surface area contributed by atoms with Gasteiger partial charge in [0.2, 0.25) is 5.91 Å². The van der Waals surface area contributed by atoms with Crippen LogP contribution in [-0.2, 0) is 9.53 Å². The van der Waals surface area contributed by atoms with Gasteiger partial charge in [-0.2, -0.15) is 0 Å². The molecule has 1 aliphatic heterocycles. The summed E-state index contributed by atoms with van der Waals surface area (Å²) in [4.78, 5) is 31.6. The van der Waals surface area contributed by atoms with Gasteiger partial charge in [-0.15, -0.1) is 0 Å². The van der Waals surface area contributed by atoms with Crippen LogP contribution in [0.3, 0.4) is 0 Å². The van der Waals surface area contributed by atoms with E-state index < -0.39 is 0 Å². The van der Waals surface area contributed by atoms with Crippen LogP contribution in [-0.4, -0.2) is 45.1 Å². The van der Waals surface area contributed by atoms with Crippen molar-refractivity contribution in [3.05, 3.63) is 113 Å². The largest absolute Gasteiger partial charge is 0.465 e. The minimum Gasteiger partial charge on any atom is -0.465 e. The second kappa shape index (κ2) is 11.9. The van der Waals surface area contributed by atoms with Gasteiger partial charge in [0.15, 0.2) is 5.11 Å². The van der Waals surface area contributed by atoms with Crippen molar-refractivity contribution in [3.8, 4) is 5.69 Å². The molecule has 5 rings (SSSR count). The number of carbonyl (C=O) groups is 2. The second-order valence-electron chi connectivity index (χ2n) is 10.2. The van der Waals surface area contributed by atoms with Crippen LogP contribution in [0.15, 0.2) is 79.0 Å². The fourth-order valence-electron chi connectivity index (χ4n) is 5.50. The summed E-state index contributed by atoms with van der Waals surface area (Å²) in [6, 6.07) is 22.8. The van der Waals surface area contributed by atoms with Crippen LogP contribution >= 0.6 is 12.2 Å². The number of aromatic nitrogens is 2. The van der Waals surface area contributed by atoms with Crippen LogP contribution in [0.25, 0.3) is 5.69 Å². The fourth-order valence-corrected chi connectivity index (χ4v) is 5.83. The standard InChI is InChI=1S/C32H33N5O3S/c1-20-8-7-9-24(18-20)34-28(38)15-17-36-30(29(35-32(36)41)27-10-5-6-16-33-27)26-19-21(2)37(22(26)3)25-13-11-23(12-14-25)31(39)40-4/h5-14,16,18-19,29-30H,15,17H2,1-4H3,(H,34,38)(H,35,41)/t29-,30+/m0/s1. The number of anilines is 1. The molecule has 0 spiro atoms. The zero-order chi connectivity index (χ0) is 29.1. The summed E-state index contributed by atoms with van der Waals surface area (Å²) >= 11 is 5.82. The highest BCUT2D eigenvalue weighted by Crippen LogP contribution is 2.41. The Hall–Kier alpha value is -4.50. The number of esters is 1. The number of methoxy groups -OCH3 is 1. The van der Waals surface area contributed by atoms with E-state index in [1.54, 1.807) is 18.3 Å². The molecule has 8 nitrogen and oxygen atoms in total. The van der Waals surface area contributed by atoms with E-state index in [-0.39, 0.29) is 30.4 Å². The Morgan fingerprint density at radius 1 is 1.02 bits per heavy atom. The van der Waals surface area contributed by atoms with Gasteiger partial charge in [-0.05, 0) is 98.7 Å². The molecule has 0 unspecified atom stereocenters. The Kier molecular flexibility index (Phi) is 8.16. The molecule has 1 aliphatic rings. The van der Waals surface area contributed by atoms with Gasteiger partial charge in [0.1, 0.15) is 0 Å². The number of hydrogen-bond acceptors (Lipinski definition) is 5. The highest BCUT2D eigenvalue weighted by Gasteiger charge is 2.41. The third-order valence-electron chi connectivity index (χ3n) is 7.41. The van der Waals surface area contributed by atoms with Crippen molar-refractivity contribution >= 4 is 34.9 Å². The summed E-state index contributed by atoms with van der Waals surface area (Å²) in [6.07, 6.45) is 2.05. The van der Waals surface area contributed by atoms with Crippen molar-refractivity contribution in [2.75, 3.05) is 19.0 Å². The van der Waals surface area contributed by atoms with E-state index in [9.17, 15) is 9.59 Å². The average molecular weight is 568 g/mol. The van der Waals surface area contributed by atoms with Gasteiger partial charge in [0, 0.05) is 41.9 Å². The van der Waals surface area contributed by atoms with Crippen LogP contribution < -0.4 is 10.6 Å². The number of ether oxygens (including phenoxy) is 1. The lowest BCUT2D eigenvalue weighted by molar-refractivity contribution is -0.116. The van der Waals surface area contributed by atoms with Gasteiger partial charge in [-0.25, -0.2) is 4.79 Å². The van der Waals surface area contributed by atoms with Crippen LogP contribution in [0.1, 0.15) is 57.1 Å². The smallest absolute Gasteiger partial charge is 0.337 e. The molecular weight excluding hydrogens is 534 g/mol. The first kappa shape index (κ1) is 28.0. The molecule has 3 heterocycles. The van der Waals surface area contributed by atoms with Crippen molar-refractivity contribution in [1.29, 1.82) is 0 Å². The molecule has 0 saturated carbocycles. The predicted octanol–water partition coefficient (Wildman–Crippen LogP) is 5.59. The molecule has 0 radical (unpaired) electrons. The van der Waals surface area contributed by atoms with Crippen molar-refractivity contribution in [2.45, 2.75) is 39.3 Å². The first-order chi connectivity index (χ1) is 19.8. The first-order valence-corrected chi connectivity index (χ1v) is 13.9. The highest BCUT2D eigenvalue weighted by molar-refractivity contribution is 7.80. The van der Waals surface area contributed by atoms with Gasteiger partial charge >= 0.3 is 5.97 Å². The number of thiocarbonyl (C=S) groups is 1. The van der Waals surface area contributed by atoms with Gasteiger partial charge in [0.25, 0.3) is 0 Å². The average Bonchev–Trinajstić information content (AvgIpc) is 3.46. The van der Waals surface area contributed by atoms with Gasteiger partial charge in [-0.1, -0.05) is 18.2 Å². The molecule has 2 aromatic heterocycles. The molecule has 2 atom stereocenters. The van der Waals surface area contributed by atoms with Crippen LogP contribution in [0.5, 0.6) is 0 Å². The number of aryl methyl sites for hydroxylation is 2. The Bertz CT molecular complexity index is 1580. The third-order valence-corrected chi connectivity index (χ3v) is 7.77. The van der Waals surface area contributed by atoms with Crippen LogP contribution in [0.2, 0.25) is 0 Å². The van der Waals surface area contributed by atoms with E-state index in [0.717, 1.165) is 39.6 Å². The van der Waals surface area contributed by atoms with E-state index in [2.05, 4.69) is 45.0 Å². The summed E-state index contributed by atoms with van der Waals surface area (Å²) < 4.78 is 7.01. The summed E-state index contributed by atoms with van der Waals surface area (Å²) in [5.41, 5.74) is 7.34. The van der Waals surface area contributed by atoms with E-state index in [1.165, 1.54) is 7.11 Å². The topological polar surface area (TPSA) is 88.5 Å². The molecular formula is C32H33N5O3S. The number of amides is 1. The Morgan fingerprint density at radius 2 is 1.80 bits per heavy atom. The molecule has 1 amide bonds. The fraction of sp³-hybridized carbons (Fsp3) is 0.250. The van der Waals surface area contributed by atoms with E-state index in [1.807, 2.05) is 61.5 Å². The van der Waals surface area contributed by atoms with Gasteiger partial charge < -0.3 is 24.8 Å². The van der Waals surface area contributed by atoms with Crippen molar-refractivity contribution in [3.63, 3.8) is 0 Å². The number of benzene rings is 2. The first-order valence-electron chi connectivity index (χ1n) is 13.5. The molecule has 1 saturated heterocycles. The quantitative estimate of drug-likeness (QED) is 0.212. The molecule has 41 heavy (non-hydrogen) atoms. The molecule has 4 aromatic rings. The van der Waals surface area contributed by atoms with Gasteiger partial charge in [-0.3, -0.25) is 9.78 Å². The summed E-state index contributed by atoms with van der Waals surface area (Å²) in [7, 11) is 1.37. The van der Waals surface area contributed by atoms with E-state index in [0.29, 0.717) is 17.2 Å². The number of pyridine rings is 1. The van der Waals surface area contributed by atoms with Crippen LogP contribution in [0.4, 0.5) is 5.69 Å². The molecule has 210 valence electrons. The highest BCUT2D eigenvalue weighted by atomic mass is 32.1. The normalized spacial score (nSPS) is 16.4. The lowest BCUT2D eigenvalue weighted by Gasteiger charge is -2.28. The van der Waals surface area contributed by atoms with Crippen LogP contribution in [0, 0.1) is 20.8 Å². The van der Waals surface area contributed by atoms with Gasteiger partial charge in [0.05, 0.1) is 30.5 Å². The molecule has 1 fully saturated rings. The zero-order valence-corrected chi connectivity index (χ0v) is 24.4. The molecule has 2 aromatic carbocycles. The Morgan fingerprint density at radius 3 is 2.49 bits per heavy atom. The maximum atomic E-state index is 12.9. The Labute approximate surface area is 245 Å². The summed E-state index contributed by atoms with van der Waals surface area (Å²) in [5, 5.41) is 7.06. The summed E-state index contributed by atoms with van der Waals surface area (Å²) in [5.74, 6) is -0.446. The number of nitrogens with zero attached hydrogens (tertiary/aromatic N) is 3. The number of nitrogens with one attached hydrogen (secondary N) is 2. The number of hydrogen-bond donors (Lipinski definition) is 2. The minimum absolute atomic E-state index is 0.0744. The van der Waals surface area contributed by atoms with Crippen molar-refractivity contribution in [1.82, 2.24) is 19.8 Å². The second-order valence-corrected chi connectivity index (χ2v) is 10.6.